The van der Waals surface area contributed by atoms with Crippen molar-refractivity contribution in [1.82, 2.24) is 0 Å². The van der Waals surface area contributed by atoms with Gasteiger partial charge in [0.1, 0.15) is 13.2 Å². The van der Waals surface area contributed by atoms with Crippen LogP contribution in [0.3, 0.4) is 0 Å². The van der Waals surface area contributed by atoms with E-state index in [1.807, 2.05) is 0 Å². The predicted molar refractivity (Wildman–Crippen MR) is 256 cm³/mol. The second-order valence-electron chi connectivity index (χ2n) is 17.4. The largest absolute Gasteiger partial charge is 0.462 e. The standard InChI is InChI=1S/C54H98O6/c1-4-7-10-13-16-18-20-22-24-26-28-29-31-33-35-38-41-44-47-53(56)59-50-51(49-58-52(55)46-43-40-37-15-12-9-6-3)60-54(57)48-45-42-39-36-34-32-30-27-25-23-21-19-17-14-11-8-5-2/h18,20,23-26,51H,4-17,19,21-22,27-50H2,1-3H3/b20-18-,25-23-,26-24-. The number of hydrogen-bond donors (Lipinski definition) is 0. The van der Waals surface area contributed by atoms with E-state index in [4.69, 9.17) is 14.2 Å². The van der Waals surface area contributed by atoms with Crippen LogP contribution in [0.4, 0.5) is 0 Å². The molecule has 1 unspecified atom stereocenters. The molecule has 0 saturated heterocycles. The number of rotatable bonds is 47. The summed E-state index contributed by atoms with van der Waals surface area (Å²) < 4.78 is 16.7. The lowest BCUT2D eigenvalue weighted by Crippen LogP contribution is -2.30. The highest BCUT2D eigenvalue weighted by Crippen LogP contribution is 2.15. The fourth-order valence-electron chi connectivity index (χ4n) is 7.41. The molecule has 0 bridgehead atoms. The fourth-order valence-corrected chi connectivity index (χ4v) is 7.41. The number of unbranched alkanes of at least 4 members (excludes halogenated alkanes) is 30. The molecule has 0 amide bonds. The van der Waals surface area contributed by atoms with E-state index in [1.54, 1.807) is 0 Å². The lowest BCUT2D eigenvalue weighted by molar-refractivity contribution is -0.167. The molecule has 6 nitrogen and oxygen atoms in total. The summed E-state index contributed by atoms with van der Waals surface area (Å²) in [5, 5.41) is 0. The van der Waals surface area contributed by atoms with E-state index < -0.39 is 6.10 Å². The van der Waals surface area contributed by atoms with E-state index in [2.05, 4.69) is 57.2 Å². The van der Waals surface area contributed by atoms with Crippen molar-refractivity contribution in [2.75, 3.05) is 13.2 Å². The molecule has 0 N–H and O–H groups in total. The zero-order valence-corrected chi connectivity index (χ0v) is 40.0. The maximum atomic E-state index is 12.8. The van der Waals surface area contributed by atoms with Gasteiger partial charge in [-0.15, -0.1) is 0 Å². The van der Waals surface area contributed by atoms with Crippen molar-refractivity contribution in [3.63, 3.8) is 0 Å². The van der Waals surface area contributed by atoms with Gasteiger partial charge in [-0.05, 0) is 77.0 Å². The van der Waals surface area contributed by atoms with Crippen LogP contribution in [0, 0.1) is 0 Å². The molecule has 0 aliphatic rings. The number of ether oxygens (including phenoxy) is 3. The number of carbonyl (C=O) groups is 3. The van der Waals surface area contributed by atoms with Gasteiger partial charge in [-0.1, -0.05) is 211 Å². The number of hydrogen-bond acceptors (Lipinski definition) is 6. The van der Waals surface area contributed by atoms with Gasteiger partial charge in [0, 0.05) is 19.3 Å². The summed E-state index contributed by atoms with van der Waals surface area (Å²) in [4.78, 5) is 37.8. The van der Waals surface area contributed by atoms with Gasteiger partial charge >= 0.3 is 17.9 Å². The molecule has 0 rings (SSSR count). The van der Waals surface area contributed by atoms with Gasteiger partial charge < -0.3 is 14.2 Å². The molecule has 6 heteroatoms. The van der Waals surface area contributed by atoms with E-state index in [1.165, 1.54) is 161 Å². The molecular formula is C54H98O6. The van der Waals surface area contributed by atoms with Crippen LogP contribution >= 0.6 is 0 Å². The van der Waals surface area contributed by atoms with E-state index in [0.29, 0.717) is 19.3 Å². The van der Waals surface area contributed by atoms with Crippen molar-refractivity contribution in [2.45, 2.75) is 277 Å². The second kappa shape index (κ2) is 49.3. The third kappa shape index (κ3) is 46.7. The Labute approximate surface area is 372 Å². The first-order valence-corrected chi connectivity index (χ1v) is 26.0. The first-order chi connectivity index (χ1) is 29.5. The number of carbonyl (C=O) groups excluding carboxylic acids is 3. The predicted octanol–water partition coefficient (Wildman–Crippen LogP) is 16.9. The molecule has 0 saturated carbocycles. The average molecular weight is 843 g/mol. The van der Waals surface area contributed by atoms with Gasteiger partial charge in [0.15, 0.2) is 6.10 Å². The van der Waals surface area contributed by atoms with Crippen molar-refractivity contribution >= 4 is 17.9 Å². The van der Waals surface area contributed by atoms with Gasteiger partial charge in [0.25, 0.3) is 0 Å². The molecule has 1 atom stereocenters. The first-order valence-electron chi connectivity index (χ1n) is 26.0. The molecule has 0 aromatic carbocycles. The molecule has 0 heterocycles. The van der Waals surface area contributed by atoms with Gasteiger partial charge in [-0.25, -0.2) is 0 Å². The minimum atomic E-state index is -0.772. The van der Waals surface area contributed by atoms with Crippen LogP contribution in [0.5, 0.6) is 0 Å². The zero-order valence-electron chi connectivity index (χ0n) is 40.0. The van der Waals surface area contributed by atoms with E-state index in [9.17, 15) is 14.4 Å². The summed E-state index contributed by atoms with van der Waals surface area (Å²) in [5.74, 6) is -0.885. The second-order valence-corrected chi connectivity index (χ2v) is 17.4. The third-order valence-electron chi connectivity index (χ3n) is 11.4. The van der Waals surface area contributed by atoms with Crippen molar-refractivity contribution in [2.24, 2.45) is 0 Å². The third-order valence-corrected chi connectivity index (χ3v) is 11.4. The smallest absolute Gasteiger partial charge is 0.306 e. The molecule has 0 aliphatic carbocycles. The minimum Gasteiger partial charge on any atom is -0.462 e. The lowest BCUT2D eigenvalue weighted by atomic mass is 10.1. The number of esters is 3. The number of allylic oxidation sites excluding steroid dienone is 6. The molecule has 0 fully saturated rings. The summed E-state index contributed by atoms with van der Waals surface area (Å²) in [6, 6.07) is 0. The van der Waals surface area contributed by atoms with Crippen LogP contribution in [0.1, 0.15) is 271 Å². The summed E-state index contributed by atoms with van der Waals surface area (Å²) in [5.41, 5.74) is 0. The molecule has 0 radical (unpaired) electrons. The van der Waals surface area contributed by atoms with Crippen molar-refractivity contribution < 1.29 is 28.6 Å². The Morgan fingerprint density at radius 1 is 0.333 bits per heavy atom. The lowest BCUT2D eigenvalue weighted by Gasteiger charge is -2.18. The monoisotopic (exact) mass is 843 g/mol. The highest BCUT2D eigenvalue weighted by atomic mass is 16.6. The molecule has 350 valence electrons. The van der Waals surface area contributed by atoms with E-state index in [0.717, 1.165) is 70.6 Å². The molecule has 0 aliphatic heterocycles. The Bertz CT molecular complexity index is 1020. The van der Waals surface area contributed by atoms with Crippen molar-refractivity contribution in [3.05, 3.63) is 36.5 Å². The van der Waals surface area contributed by atoms with Gasteiger partial charge in [0.05, 0.1) is 0 Å². The normalized spacial score (nSPS) is 12.2. The van der Waals surface area contributed by atoms with Crippen LogP contribution < -0.4 is 0 Å². The average Bonchev–Trinajstić information content (AvgIpc) is 3.24. The highest BCUT2D eigenvalue weighted by Gasteiger charge is 2.19. The maximum Gasteiger partial charge on any atom is 0.306 e. The summed E-state index contributed by atoms with van der Waals surface area (Å²) in [6.45, 7) is 6.58. The van der Waals surface area contributed by atoms with Crippen LogP contribution in [0.2, 0.25) is 0 Å². The highest BCUT2D eigenvalue weighted by molar-refractivity contribution is 5.71. The topological polar surface area (TPSA) is 78.9 Å². The summed E-state index contributed by atoms with van der Waals surface area (Å²) in [6.07, 6.45) is 57.1. The maximum absolute atomic E-state index is 12.8. The molecule has 0 spiro atoms. The van der Waals surface area contributed by atoms with Crippen LogP contribution in [-0.2, 0) is 28.6 Å². The molecular weight excluding hydrogens is 745 g/mol. The summed E-state index contributed by atoms with van der Waals surface area (Å²) in [7, 11) is 0. The Balaban J connectivity index is 4.25. The van der Waals surface area contributed by atoms with Gasteiger partial charge in [0.2, 0.25) is 0 Å². The first kappa shape index (κ1) is 57.6. The van der Waals surface area contributed by atoms with Crippen molar-refractivity contribution in [1.29, 1.82) is 0 Å². The fraction of sp³-hybridized carbons (Fsp3) is 0.833. The quantitative estimate of drug-likeness (QED) is 0.0263. The van der Waals surface area contributed by atoms with E-state index >= 15 is 0 Å². The van der Waals surface area contributed by atoms with Crippen LogP contribution in [0.15, 0.2) is 36.5 Å². The SMILES string of the molecule is CCCCCC/C=C\C/C=C\CCCCCCCCCC(=O)OCC(COC(=O)CCCCCCCCC)OC(=O)CCCCCCCCC/C=C\CCCCCCCC. The van der Waals surface area contributed by atoms with Gasteiger partial charge in [-0.3, -0.25) is 14.4 Å². The Kier molecular flexibility index (Phi) is 47.3. The zero-order chi connectivity index (χ0) is 43.7. The van der Waals surface area contributed by atoms with Crippen LogP contribution in [-0.4, -0.2) is 37.2 Å². The molecule has 0 aromatic rings. The Hall–Kier alpha value is -2.37. The molecule has 60 heavy (non-hydrogen) atoms. The Morgan fingerprint density at radius 3 is 0.950 bits per heavy atom. The van der Waals surface area contributed by atoms with E-state index in [-0.39, 0.29) is 31.1 Å². The Morgan fingerprint density at radius 2 is 0.600 bits per heavy atom. The summed E-state index contributed by atoms with van der Waals surface area (Å²) >= 11 is 0. The minimum absolute atomic E-state index is 0.0748. The molecule has 0 aromatic heterocycles. The van der Waals surface area contributed by atoms with Gasteiger partial charge in [-0.2, -0.15) is 0 Å². The van der Waals surface area contributed by atoms with Crippen molar-refractivity contribution in [3.8, 4) is 0 Å². The van der Waals surface area contributed by atoms with Crippen LogP contribution in [0.25, 0.3) is 0 Å².